The van der Waals surface area contributed by atoms with E-state index in [2.05, 4.69) is 35.2 Å². The third kappa shape index (κ3) is 4.19. The number of benzene rings is 2. The number of rotatable bonds is 6. The van der Waals surface area contributed by atoms with Crippen LogP contribution in [-0.2, 0) is 25.4 Å². The maximum Gasteiger partial charge on any atom is 0.161 e. The van der Waals surface area contributed by atoms with Gasteiger partial charge in [-0.1, -0.05) is 48.0 Å². The fourth-order valence-electron chi connectivity index (χ4n) is 4.53. The second-order valence-corrected chi connectivity index (χ2v) is 9.81. The molecule has 0 radical (unpaired) electrons. The lowest BCUT2D eigenvalue weighted by atomic mass is 9.95. The zero-order valence-corrected chi connectivity index (χ0v) is 20.9. The molecule has 4 aromatic rings. The summed E-state index contributed by atoms with van der Waals surface area (Å²) in [4.78, 5) is 9.69. The van der Waals surface area contributed by atoms with E-state index in [9.17, 15) is 0 Å². The predicted octanol–water partition coefficient (Wildman–Crippen LogP) is 6.93. The molecule has 0 saturated carbocycles. The fraction of sp³-hybridized carbons (Fsp3) is 0.269. The van der Waals surface area contributed by atoms with Gasteiger partial charge in [-0.05, 0) is 35.2 Å². The van der Waals surface area contributed by atoms with Crippen molar-refractivity contribution in [1.29, 1.82) is 0 Å². The lowest BCUT2D eigenvalue weighted by Crippen LogP contribution is -2.29. The van der Waals surface area contributed by atoms with Crippen molar-refractivity contribution in [1.82, 2.24) is 9.88 Å². The zero-order chi connectivity index (χ0) is 22.9. The van der Waals surface area contributed by atoms with Crippen LogP contribution in [0.15, 0.2) is 48.5 Å². The molecule has 33 heavy (non-hydrogen) atoms. The van der Waals surface area contributed by atoms with Crippen LogP contribution in [0.1, 0.15) is 21.7 Å². The molecule has 0 spiro atoms. The number of thiophene rings is 1. The Kier molecular flexibility index (Phi) is 6.48. The standard InChI is InChI=1S/C26H24Cl2N2O2S/c1-31-20-9-8-17(12-21(20)32-2)23-24-18-10-11-30(14-16-6-4-3-5-7-16)15-22(18)33-26(24)29-19(13-27)25(23)28/h3-9,12H,10-11,13-15H2,1-2H3. The first kappa shape index (κ1) is 22.5. The molecular weight excluding hydrogens is 475 g/mol. The van der Waals surface area contributed by atoms with Gasteiger partial charge in [-0.3, -0.25) is 4.90 Å². The van der Waals surface area contributed by atoms with Gasteiger partial charge in [0.1, 0.15) is 4.83 Å². The number of ether oxygens (including phenoxy) is 2. The maximum absolute atomic E-state index is 6.90. The fourth-order valence-corrected chi connectivity index (χ4v) is 6.40. The van der Waals surface area contributed by atoms with Crippen LogP contribution < -0.4 is 9.47 Å². The molecule has 0 bridgehead atoms. The lowest BCUT2D eigenvalue weighted by Gasteiger charge is -2.27. The molecule has 2 aromatic carbocycles. The first-order valence-electron chi connectivity index (χ1n) is 10.8. The minimum Gasteiger partial charge on any atom is -0.493 e. The molecule has 1 aliphatic heterocycles. The molecule has 0 atom stereocenters. The minimum atomic E-state index is 0.262. The van der Waals surface area contributed by atoms with Gasteiger partial charge in [-0.2, -0.15) is 0 Å². The number of pyridine rings is 1. The Labute approximate surface area is 207 Å². The van der Waals surface area contributed by atoms with Crippen LogP contribution in [0.4, 0.5) is 0 Å². The SMILES string of the molecule is COc1ccc(-c2c(Cl)c(CCl)nc3sc4c(c23)CCN(Cc2ccccc2)C4)cc1OC. The van der Waals surface area contributed by atoms with Crippen molar-refractivity contribution in [3.8, 4) is 22.6 Å². The van der Waals surface area contributed by atoms with Gasteiger partial charge in [-0.25, -0.2) is 4.98 Å². The second kappa shape index (κ2) is 9.51. The van der Waals surface area contributed by atoms with E-state index in [0.717, 1.165) is 47.4 Å². The molecule has 0 N–H and O–H groups in total. The molecule has 0 unspecified atom stereocenters. The average molecular weight is 499 g/mol. The third-order valence-corrected chi connectivity index (χ3v) is 7.90. The molecule has 5 rings (SSSR count). The van der Waals surface area contributed by atoms with Crippen LogP contribution in [0.25, 0.3) is 21.3 Å². The van der Waals surface area contributed by atoms with E-state index in [0.29, 0.717) is 22.2 Å². The van der Waals surface area contributed by atoms with E-state index in [1.165, 1.54) is 16.0 Å². The van der Waals surface area contributed by atoms with E-state index in [-0.39, 0.29) is 5.88 Å². The zero-order valence-electron chi connectivity index (χ0n) is 18.5. The molecule has 4 nitrogen and oxygen atoms in total. The summed E-state index contributed by atoms with van der Waals surface area (Å²) in [6.45, 7) is 2.84. The van der Waals surface area contributed by atoms with E-state index < -0.39 is 0 Å². The molecule has 7 heteroatoms. The number of halogens is 2. The molecule has 0 fully saturated rings. The Morgan fingerprint density at radius 3 is 2.58 bits per heavy atom. The van der Waals surface area contributed by atoms with Crippen LogP contribution in [-0.4, -0.2) is 30.6 Å². The number of hydrogen-bond acceptors (Lipinski definition) is 5. The van der Waals surface area contributed by atoms with Crippen LogP contribution in [0.3, 0.4) is 0 Å². The van der Waals surface area contributed by atoms with E-state index in [1.807, 2.05) is 18.2 Å². The largest absolute Gasteiger partial charge is 0.493 e. The number of fused-ring (bicyclic) bond motifs is 3. The van der Waals surface area contributed by atoms with Crippen molar-refractivity contribution >= 4 is 44.8 Å². The van der Waals surface area contributed by atoms with E-state index in [1.54, 1.807) is 25.6 Å². The van der Waals surface area contributed by atoms with E-state index in [4.69, 9.17) is 37.7 Å². The number of alkyl halides is 1. The highest BCUT2D eigenvalue weighted by atomic mass is 35.5. The van der Waals surface area contributed by atoms with Gasteiger partial charge in [-0.15, -0.1) is 22.9 Å². The van der Waals surface area contributed by atoms with Gasteiger partial charge in [0.15, 0.2) is 11.5 Å². The summed E-state index contributed by atoms with van der Waals surface area (Å²) in [5.41, 5.74) is 5.34. The highest BCUT2D eigenvalue weighted by molar-refractivity contribution is 7.19. The van der Waals surface area contributed by atoms with Crippen molar-refractivity contribution in [2.75, 3.05) is 20.8 Å². The Balaban J connectivity index is 1.61. The van der Waals surface area contributed by atoms with Crippen molar-refractivity contribution in [3.63, 3.8) is 0 Å². The monoisotopic (exact) mass is 498 g/mol. The van der Waals surface area contributed by atoms with Gasteiger partial charge < -0.3 is 9.47 Å². The normalized spacial score (nSPS) is 13.8. The summed E-state index contributed by atoms with van der Waals surface area (Å²) in [6.07, 6.45) is 0.959. The van der Waals surface area contributed by atoms with Gasteiger partial charge in [0.2, 0.25) is 0 Å². The van der Waals surface area contributed by atoms with Gasteiger partial charge >= 0.3 is 0 Å². The molecule has 170 valence electrons. The minimum absolute atomic E-state index is 0.262. The first-order valence-corrected chi connectivity index (χ1v) is 12.5. The highest BCUT2D eigenvalue weighted by Gasteiger charge is 2.26. The lowest BCUT2D eigenvalue weighted by molar-refractivity contribution is 0.249. The Morgan fingerprint density at radius 2 is 1.85 bits per heavy atom. The number of nitrogens with zero attached hydrogens (tertiary/aromatic N) is 2. The van der Waals surface area contributed by atoms with Crippen molar-refractivity contribution < 1.29 is 9.47 Å². The number of hydrogen-bond donors (Lipinski definition) is 0. The second-order valence-electron chi connectivity index (χ2n) is 8.08. The maximum atomic E-state index is 6.90. The van der Waals surface area contributed by atoms with Crippen LogP contribution in [0.5, 0.6) is 11.5 Å². The summed E-state index contributed by atoms with van der Waals surface area (Å²) < 4.78 is 11.0. The third-order valence-electron chi connectivity index (χ3n) is 6.12. The van der Waals surface area contributed by atoms with Gasteiger partial charge in [0, 0.05) is 35.5 Å². The van der Waals surface area contributed by atoms with Crippen molar-refractivity contribution in [3.05, 3.63) is 75.3 Å². The highest BCUT2D eigenvalue weighted by Crippen LogP contribution is 2.46. The van der Waals surface area contributed by atoms with Crippen molar-refractivity contribution in [2.45, 2.75) is 25.4 Å². The number of methoxy groups -OCH3 is 2. The molecule has 0 saturated heterocycles. The quantitative estimate of drug-likeness (QED) is 0.270. The van der Waals surface area contributed by atoms with Gasteiger partial charge in [0.25, 0.3) is 0 Å². The molecule has 0 aliphatic carbocycles. The smallest absolute Gasteiger partial charge is 0.161 e. The van der Waals surface area contributed by atoms with Gasteiger partial charge in [0.05, 0.1) is 30.8 Å². The van der Waals surface area contributed by atoms with Crippen molar-refractivity contribution in [2.24, 2.45) is 0 Å². The van der Waals surface area contributed by atoms with Crippen LogP contribution in [0.2, 0.25) is 5.02 Å². The average Bonchev–Trinajstić information content (AvgIpc) is 3.21. The Morgan fingerprint density at radius 1 is 1.06 bits per heavy atom. The summed E-state index contributed by atoms with van der Waals surface area (Å²) in [5.74, 6) is 1.61. The Hall–Kier alpha value is -2.31. The summed E-state index contributed by atoms with van der Waals surface area (Å²) in [6, 6.07) is 16.5. The van der Waals surface area contributed by atoms with E-state index >= 15 is 0 Å². The molecular formula is C26H24Cl2N2O2S. The summed E-state index contributed by atoms with van der Waals surface area (Å²) in [5, 5.41) is 1.75. The summed E-state index contributed by atoms with van der Waals surface area (Å²) in [7, 11) is 3.28. The van der Waals surface area contributed by atoms with Crippen LogP contribution >= 0.6 is 34.5 Å². The molecule has 0 amide bonds. The first-order chi connectivity index (χ1) is 16.1. The number of aromatic nitrogens is 1. The molecule has 1 aliphatic rings. The summed E-state index contributed by atoms with van der Waals surface area (Å²) >= 11 is 14.9. The Bertz CT molecular complexity index is 1310. The van der Waals surface area contributed by atoms with Crippen LogP contribution in [0, 0.1) is 0 Å². The topological polar surface area (TPSA) is 34.6 Å². The molecule has 3 heterocycles. The predicted molar refractivity (Wildman–Crippen MR) is 137 cm³/mol. The molecule has 2 aromatic heterocycles.